The fourth-order valence-electron chi connectivity index (χ4n) is 1.29. The van der Waals surface area contributed by atoms with E-state index in [1.54, 1.807) is 0 Å². The normalized spacial score (nSPS) is 11.4. The standard InChI is InChI=1S/C11H14BrNO2.ClH/c1-15-11(14)7-10(13)6-8-2-4-9(12)5-3-8;/h2-5,10H,6-7,13H2,1H3;1H/t10-;/m1./s1. The second-order valence-electron chi connectivity index (χ2n) is 3.37. The molecule has 0 saturated heterocycles. The molecule has 1 rings (SSSR count). The summed E-state index contributed by atoms with van der Waals surface area (Å²) in [6.45, 7) is 0. The smallest absolute Gasteiger partial charge is 0.307 e. The summed E-state index contributed by atoms with van der Waals surface area (Å²) >= 11 is 3.36. The predicted molar refractivity (Wildman–Crippen MR) is 69.7 cm³/mol. The maximum atomic E-state index is 11.0. The van der Waals surface area contributed by atoms with E-state index < -0.39 is 0 Å². The van der Waals surface area contributed by atoms with Crippen molar-refractivity contribution >= 4 is 34.3 Å². The molecule has 16 heavy (non-hydrogen) atoms. The van der Waals surface area contributed by atoms with Gasteiger partial charge in [0.1, 0.15) is 0 Å². The van der Waals surface area contributed by atoms with E-state index in [9.17, 15) is 4.79 Å². The van der Waals surface area contributed by atoms with Gasteiger partial charge in [0.15, 0.2) is 0 Å². The lowest BCUT2D eigenvalue weighted by atomic mass is 10.0. The number of hydrogen-bond donors (Lipinski definition) is 1. The van der Waals surface area contributed by atoms with Gasteiger partial charge >= 0.3 is 5.97 Å². The van der Waals surface area contributed by atoms with Gasteiger partial charge in [0.2, 0.25) is 0 Å². The zero-order chi connectivity index (χ0) is 11.3. The number of carbonyl (C=O) groups is 1. The molecule has 0 unspecified atom stereocenters. The zero-order valence-electron chi connectivity index (χ0n) is 8.98. The van der Waals surface area contributed by atoms with Crippen LogP contribution in [0.15, 0.2) is 28.7 Å². The maximum absolute atomic E-state index is 11.0. The molecule has 0 bridgehead atoms. The summed E-state index contributed by atoms with van der Waals surface area (Å²) in [6.07, 6.45) is 0.939. The maximum Gasteiger partial charge on any atom is 0.307 e. The number of esters is 1. The molecule has 5 heteroatoms. The van der Waals surface area contributed by atoms with Gasteiger partial charge in [-0.1, -0.05) is 28.1 Å². The molecule has 0 saturated carbocycles. The second-order valence-corrected chi connectivity index (χ2v) is 4.29. The third-order valence-electron chi connectivity index (χ3n) is 2.07. The Bertz CT molecular complexity index is 329. The van der Waals surface area contributed by atoms with Crippen molar-refractivity contribution < 1.29 is 9.53 Å². The van der Waals surface area contributed by atoms with E-state index >= 15 is 0 Å². The van der Waals surface area contributed by atoms with Crippen molar-refractivity contribution in [1.29, 1.82) is 0 Å². The first-order chi connectivity index (χ1) is 7.11. The predicted octanol–water partition coefficient (Wildman–Crippen LogP) is 2.30. The van der Waals surface area contributed by atoms with Crippen molar-refractivity contribution in [2.24, 2.45) is 5.73 Å². The summed E-state index contributed by atoms with van der Waals surface area (Å²) in [5.41, 5.74) is 6.93. The summed E-state index contributed by atoms with van der Waals surface area (Å²) in [7, 11) is 1.37. The fourth-order valence-corrected chi connectivity index (χ4v) is 1.56. The Morgan fingerprint density at radius 2 is 2.00 bits per heavy atom. The summed E-state index contributed by atoms with van der Waals surface area (Å²) in [5, 5.41) is 0. The van der Waals surface area contributed by atoms with Crippen LogP contribution < -0.4 is 5.73 Å². The summed E-state index contributed by atoms with van der Waals surface area (Å²) in [4.78, 5) is 11.0. The van der Waals surface area contributed by atoms with Crippen LogP contribution in [-0.2, 0) is 16.0 Å². The summed E-state index contributed by atoms with van der Waals surface area (Å²) < 4.78 is 5.59. The third kappa shape index (κ3) is 5.49. The van der Waals surface area contributed by atoms with Crippen LogP contribution in [0.1, 0.15) is 12.0 Å². The number of benzene rings is 1. The van der Waals surface area contributed by atoms with E-state index in [0.29, 0.717) is 6.42 Å². The second kappa shape index (κ2) is 7.65. The Labute approximate surface area is 110 Å². The lowest BCUT2D eigenvalue weighted by Gasteiger charge is -2.09. The van der Waals surface area contributed by atoms with Gasteiger partial charge in [-0.2, -0.15) is 0 Å². The van der Waals surface area contributed by atoms with Gasteiger partial charge in [0.05, 0.1) is 13.5 Å². The molecule has 0 spiro atoms. The highest BCUT2D eigenvalue weighted by atomic mass is 79.9. The SMILES string of the molecule is COC(=O)C[C@H](N)Cc1ccc(Br)cc1.Cl. The van der Waals surface area contributed by atoms with Crippen molar-refractivity contribution in [2.75, 3.05) is 7.11 Å². The van der Waals surface area contributed by atoms with E-state index in [1.165, 1.54) is 7.11 Å². The van der Waals surface area contributed by atoms with Crippen LogP contribution in [0.5, 0.6) is 0 Å². The van der Waals surface area contributed by atoms with Crippen molar-refractivity contribution in [2.45, 2.75) is 18.9 Å². The highest BCUT2D eigenvalue weighted by Gasteiger charge is 2.09. The summed E-state index contributed by atoms with van der Waals surface area (Å²) in [6, 6.07) is 7.71. The number of halogens is 2. The molecule has 90 valence electrons. The van der Waals surface area contributed by atoms with Gasteiger partial charge in [-0.15, -0.1) is 12.4 Å². The van der Waals surface area contributed by atoms with Crippen LogP contribution in [0.4, 0.5) is 0 Å². The van der Waals surface area contributed by atoms with E-state index in [2.05, 4.69) is 20.7 Å². The molecule has 0 radical (unpaired) electrons. The minimum absolute atomic E-state index is 0. The Morgan fingerprint density at radius 3 is 2.50 bits per heavy atom. The number of nitrogens with two attached hydrogens (primary N) is 1. The first-order valence-corrected chi connectivity index (χ1v) is 5.48. The van der Waals surface area contributed by atoms with E-state index in [-0.39, 0.29) is 30.8 Å². The fraction of sp³-hybridized carbons (Fsp3) is 0.364. The van der Waals surface area contributed by atoms with E-state index in [1.807, 2.05) is 24.3 Å². The minimum Gasteiger partial charge on any atom is -0.469 e. The monoisotopic (exact) mass is 307 g/mol. The topological polar surface area (TPSA) is 52.3 Å². The molecular weight excluding hydrogens is 293 g/mol. The van der Waals surface area contributed by atoms with Gasteiger partial charge in [-0.25, -0.2) is 0 Å². The van der Waals surface area contributed by atoms with Gasteiger partial charge in [-0.3, -0.25) is 4.79 Å². The van der Waals surface area contributed by atoms with Crippen LogP contribution in [-0.4, -0.2) is 19.1 Å². The van der Waals surface area contributed by atoms with Crippen molar-refractivity contribution in [3.8, 4) is 0 Å². The number of carbonyl (C=O) groups excluding carboxylic acids is 1. The van der Waals surface area contributed by atoms with E-state index in [0.717, 1.165) is 10.0 Å². The molecule has 0 amide bonds. The highest BCUT2D eigenvalue weighted by Crippen LogP contribution is 2.12. The molecule has 1 atom stereocenters. The molecule has 0 aliphatic carbocycles. The molecule has 0 aliphatic heterocycles. The zero-order valence-corrected chi connectivity index (χ0v) is 11.4. The molecule has 0 heterocycles. The Kier molecular flexibility index (Phi) is 7.38. The number of methoxy groups -OCH3 is 1. The molecule has 3 nitrogen and oxygen atoms in total. The quantitative estimate of drug-likeness (QED) is 0.868. The Balaban J connectivity index is 0.00000225. The first kappa shape index (κ1) is 15.4. The number of rotatable bonds is 4. The van der Waals surface area contributed by atoms with E-state index in [4.69, 9.17) is 5.73 Å². The number of ether oxygens (including phenoxy) is 1. The van der Waals surface area contributed by atoms with Gasteiger partial charge in [-0.05, 0) is 24.1 Å². The minimum atomic E-state index is -0.264. The van der Waals surface area contributed by atoms with Crippen LogP contribution in [0.3, 0.4) is 0 Å². The lowest BCUT2D eigenvalue weighted by Crippen LogP contribution is -2.26. The molecular formula is C11H15BrClNO2. The van der Waals surface area contributed by atoms with Gasteiger partial charge in [0.25, 0.3) is 0 Å². The van der Waals surface area contributed by atoms with Crippen molar-refractivity contribution in [3.05, 3.63) is 34.3 Å². The van der Waals surface area contributed by atoms with Crippen LogP contribution in [0, 0.1) is 0 Å². The molecule has 1 aromatic carbocycles. The summed E-state index contributed by atoms with van der Waals surface area (Å²) in [5.74, 6) is -0.264. The average molecular weight is 309 g/mol. The van der Waals surface area contributed by atoms with Crippen molar-refractivity contribution in [3.63, 3.8) is 0 Å². The van der Waals surface area contributed by atoms with Crippen LogP contribution >= 0.6 is 28.3 Å². The largest absolute Gasteiger partial charge is 0.469 e. The molecule has 2 N–H and O–H groups in total. The first-order valence-electron chi connectivity index (χ1n) is 4.68. The van der Waals surface area contributed by atoms with Gasteiger partial charge in [0, 0.05) is 10.5 Å². The Hall–Kier alpha value is -0.580. The third-order valence-corrected chi connectivity index (χ3v) is 2.60. The molecule has 0 aromatic heterocycles. The van der Waals surface area contributed by atoms with Crippen LogP contribution in [0.2, 0.25) is 0 Å². The highest BCUT2D eigenvalue weighted by molar-refractivity contribution is 9.10. The molecule has 0 fully saturated rings. The average Bonchev–Trinajstić information content (AvgIpc) is 2.21. The Morgan fingerprint density at radius 1 is 1.44 bits per heavy atom. The molecule has 1 aromatic rings. The van der Waals surface area contributed by atoms with Crippen molar-refractivity contribution in [1.82, 2.24) is 0 Å². The number of hydrogen-bond acceptors (Lipinski definition) is 3. The lowest BCUT2D eigenvalue weighted by molar-refractivity contribution is -0.140. The van der Waals surface area contributed by atoms with Gasteiger partial charge < -0.3 is 10.5 Å². The molecule has 0 aliphatic rings. The van der Waals surface area contributed by atoms with Crippen LogP contribution in [0.25, 0.3) is 0 Å².